The maximum Gasteiger partial charge on any atom is 0.338 e. The molecule has 39 heavy (non-hydrogen) atoms. The van der Waals surface area contributed by atoms with Crippen LogP contribution < -0.4 is 14.9 Å². The first-order valence-electron chi connectivity index (χ1n) is 11.7. The number of thiazole rings is 1. The molecule has 1 aliphatic heterocycles. The van der Waals surface area contributed by atoms with Gasteiger partial charge in [0.25, 0.3) is 11.2 Å². The third kappa shape index (κ3) is 5.06. The molecule has 3 heterocycles. The van der Waals surface area contributed by atoms with Crippen molar-refractivity contribution >= 4 is 52.3 Å². The number of ether oxygens (including phenoxy) is 1. The minimum Gasteiger partial charge on any atom is -0.463 e. The van der Waals surface area contributed by atoms with Crippen LogP contribution in [0.5, 0.6) is 0 Å². The first-order valence-corrected chi connectivity index (χ1v) is 13.2. The molecule has 0 amide bonds. The summed E-state index contributed by atoms with van der Waals surface area (Å²) in [6.45, 7) is 3.57. The lowest BCUT2D eigenvalue weighted by atomic mass is 9.96. The Kier molecular flexibility index (Phi) is 7.26. The quantitative estimate of drug-likeness (QED) is 0.173. The molecular weight excluding hydrogens is 565 g/mol. The van der Waals surface area contributed by atoms with Crippen LogP contribution in [0, 0.1) is 10.1 Å². The number of nitro benzene ring substituents is 1. The van der Waals surface area contributed by atoms with Gasteiger partial charge in [0.2, 0.25) is 0 Å². The van der Waals surface area contributed by atoms with Gasteiger partial charge in [0.15, 0.2) is 4.80 Å². The van der Waals surface area contributed by atoms with Gasteiger partial charge in [-0.05, 0) is 55.8 Å². The molecule has 1 aliphatic rings. The van der Waals surface area contributed by atoms with E-state index in [2.05, 4.69) is 4.99 Å². The summed E-state index contributed by atoms with van der Waals surface area (Å²) < 4.78 is 12.9. The van der Waals surface area contributed by atoms with E-state index in [9.17, 15) is 19.7 Å². The number of carbonyl (C=O) groups is 1. The van der Waals surface area contributed by atoms with Gasteiger partial charge in [-0.2, -0.15) is 0 Å². The van der Waals surface area contributed by atoms with Gasteiger partial charge >= 0.3 is 5.97 Å². The van der Waals surface area contributed by atoms with Crippen molar-refractivity contribution in [2.45, 2.75) is 19.9 Å². The molecule has 9 nitrogen and oxygen atoms in total. The van der Waals surface area contributed by atoms with Crippen molar-refractivity contribution in [3.63, 3.8) is 0 Å². The minimum atomic E-state index is -0.774. The van der Waals surface area contributed by atoms with Crippen LogP contribution in [0.1, 0.15) is 31.2 Å². The highest BCUT2D eigenvalue weighted by molar-refractivity contribution is 7.07. The number of aromatic nitrogens is 1. The molecule has 0 saturated carbocycles. The number of esters is 1. The molecule has 2 aromatic heterocycles. The van der Waals surface area contributed by atoms with Gasteiger partial charge in [0.05, 0.1) is 38.9 Å². The molecule has 0 saturated heterocycles. The molecule has 2 aromatic carbocycles. The number of allylic oxidation sites excluding steroid dienone is 1. The Balaban J connectivity index is 1.63. The Labute approximate surface area is 235 Å². The van der Waals surface area contributed by atoms with E-state index in [4.69, 9.17) is 32.4 Å². The molecule has 0 unspecified atom stereocenters. The molecule has 198 valence electrons. The van der Waals surface area contributed by atoms with E-state index in [0.717, 1.165) is 11.3 Å². The van der Waals surface area contributed by atoms with Crippen LogP contribution >= 0.6 is 34.5 Å². The topological polar surface area (TPSA) is 117 Å². The highest BCUT2D eigenvalue weighted by Crippen LogP contribution is 2.34. The van der Waals surface area contributed by atoms with Gasteiger partial charge in [-0.15, -0.1) is 0 Å². The zero-order valence-corrected chi connectivity index (χ0v) is 22.8. The van der Waals surface area contributed by atoms with Gasteiger partial charge in [-0.3, -0.25) is 19.5 Å². The van der Waals surface area contributed by atoms with Crippen LogP contribution in [-0.2, 0) is 9.53 Å². The molecule has 0 spiro atoms. The molecule has 0 N–H and O–H groups in total. The maximum absolute atomic E-state index is 13.7. The highest BCUT2D eigenvalue weighted by Gasteiger charge is 2.33. The number of fused-ring (bicyclic) bond motifs is 1. The molecule has 0 bridgehead atoms. The Morgan fingerprint density at radius 3 is 2.59 bits per heavy atom. The number of rotatable bonds is 6. The SMILES string of the molecule is CCOC(=O)C1=C(C)N=c2s/c(=C/c3ccc(-c4ccc(Cl)cc4[N+](=O)[O-])o3)c(=O)n2[C@H]1c1ccc(Cl)cc1. The number of hydrogen-bond acceptors (Lipinski definition) is 8. The van der Waals surface area contributed by atoms with Crippen molar-refractivity contribution in [2.24, 2.45) is 4.99 Å². The largest absolute Gasteiger partial charge is 0.463 e. The second-order valence-corrected chi connectivity index (χ2v) is 10.4. The summed E-state index contributed by atoms with van der Waals surface area (Å²) in [5, 5.41) is 12.3. The van der Waals surface area contributed by atoms with Crippen molar-refractivity contribution < 1.29 is 18.9 Å². The average molecular weight is 584 g/mol. The fourth-order valence-corrected chi connectivity index (χ4v) is 5.64. The molecule has 4 aromatic rings. The number of nitrogens with zero attached hydrogens (tertiary/aromatic N) is 3. The number of benzene rings is 2. The van der Waals surface area contributed by atoms with Crippen molar-refractivity contribution in [1.82, 2.24) is 4.57 Å². The van der Waals surface area contributed by atoms with E-state index < -0.39 is 16.9 Å². The average Bonchev–Trinajstić information content (AvgIpc) is 3.48. The maximum atomic E-state index is 13.7. The smallest absolute Gasteiger partial charge is 0.338 e. The third-order valence-corrected chi connectivity index (χ3v) is 7.49. The Hall–Kier alpha value is -3.99. The molecule has 1 atom stereocenters. The predicted octanol–water partition coefficient (Wildman–Crippen LogP) is 5.27. The summed E-state index contributed by atoms with van der Waals surface area (Å²) in [5.74, 6) is -0.00558. The lowest BCUT2D eigenvalue weighted by Gasteiger charge is -2.24. The van der Waals surface area contributed by atoms with E-state index in [-0.39, 0.29) is 39.8 Å². The fraction of sp³-hybridized carbons (Fsp3) is 0.148. The number of halogens is 2. The Bertz CT molecular complexity index is 1840. The summed E-state index contributed by atoms with van der Waals surface area (Å²) in [6, 6.07) is 13.6. The predicted molar refractivity (Wildman–Crippen MR) is 148 cm³/mol. The van der Waals surface area contributed by atoms with Gasteiger partial charge in [0, 0.05) is 22.2 Å². The Morgan fingerprint density at radius 2 is 1.90 bits per heavy atom. The van der Waals surface area contributed by atoms with Crippen molar-refractivity contribution in [3.8, 4) is 11.3 Å². The monoisotopic (exact) mass is 583 g/mol. The Morgan fingerprint density at radius 1 is 1.18 bits per heavy atom. The van der Waals surface area contributed by atoms with E-state index in [1.165, 1.54) is 28.8 Å². The minimum absolute atomic E-state index is 0.167. The first-order chi connectivity index (χ1) is 18.7. The van der Waals surface area contributed by atoms with Gasteiger partial charge < -0.3 is 9.15 Å². The lowest BCUT2D eigenvalue weighted by Crippen LogP contribution is -2.39. The van der Waals surface area contributed by atoms with E-state index in [0.29, 0.717) is 31.4 Å². The van der Waals surface area contributed by atoms with Crippen molar-refractivity contribution in [1.29, 1.82) is 0 Å². The number of carbonyl (C=O) groups excluding carboxylic acids is 1. The highest BCUT2D eigenvalue weighted by atomic mass is 35.5. The van der Waals surface area contributed by atoms with E-state index in [1.807, 2.05) is 0 Å². The normalized spacial score (nSPS) is 15.2. The van der Waals surface area contributed by atoms with Crippen molar-refractivity contribution in [2.75, 3.05) is 6.61 Å². The van der Waals surface area contributed by atoms with Crippen LogP contribution in [0.2, 0.25) is 10.0 Å². The fourth-order valence-electron chi connectivity index (χ4n) is 4.32. The lowest BCUT2D eigenvalue weighted by molar-refractivity contribution is -0.384. The van der Waals surface area contributed by atoms with Crippen LogP contribution in [0.25, 0.3) is 17.4 Å². The van der Waals surface area contributed by atoms with Crippen LogP contribution in [0.4, 0.5) is 5.69 Å². The van der Waals surface area contributed by atoms with E-state index >= 15 is 0 Å². The van der Waals surface area contributed by atoms with Crippen LogP contribution in [0.15, 0.2) is 80.1 Å². The molecule has 0 aliphatic carbocycles. The van der Waals surface area contributed by atoms with Crippen LogP contribution in [-0.4, -0.2) is 22.1 Å². The first kappa shape index (κ1) is 26.6. The zero-order chi connectivity index (χ0) is 27.8. The standard InChI is InChI=1S/C27H19Cl2N3O6S/c1-3-37-26(34)23-14(2)30-27-31(24(23)15-4-6-16(28)7-5-15)25(33)22(39-27)13-18-9-11-21(38-18)19-10-8-17(29)12-20(19)32(35)36/h4-13,24H,3H2,1-2H3/b22-13+/t24-/m0/s1. The summed E-state index contributed by atoms with van der Waals surface area (Å²) in [6.07, 6.45) is 1.54. The second kappa shape index (κ2) is 10.6. The molecule has 0 fully saturated rings. The summed E-state index contributed by atoms with van der Waals surface area (Å²) in [7, 11) is 0. The molecular formula is C27H19Cl2N3O6S. The summed E-state index contributed by atoms with van der Waals surface area (Å²) in [4.78, 5) is 42.6. The summed E-state index contributed by atoms with van der Waals surface area (Å²) in [5.41, 5.74) is 1.03. The van der Waals surface area contributed by atoms with Gasteiger partial charge in [-0.25, -0.2) is 9.79 Å². The number of nitro groups is 1. The molecule has 5 rings (SSSR count). The molecule has 12 heteroatoms. The third-order valence-electron chi connectivity index (χ3n) is 6.02. The van der Waals surface area contributed by atoms with Gasteiger partial charge in [-0.1, -0.05) is 46.7 Å². The van der Waals surface area contributed by atoms with Crippen molar-refractivity contribution in [3.05, 3.63) is 117 Å². The number of hydrogen-bond donors (Lipinski definition) is 0. The van der Waals surface area contributed by atoms with E-state index in [1.54, 1.807) is 50.2 Å². The zero-order valence-electron chi connectivity index (χ0n) is 20.5. The summed E-state index contributed by atoms with van der Waals surface area (Å²) >= 11 is 13.1. The number of furan rings is 1. The van der Waals surface area contributed by atoms with Gasteiger partial charge in [0.1, 0.15) is 11.5 Å². The molecule has 0 radical (unpaired) electrons. The second-order valence-electron chi connectivity index (χ2n) is 8.47. The van der Waals surface area contributed by atoms with Crippen LogP contribution in [0.3, 0.4) is 0 Å².